The highest BCUT2D eigenvalue weighted by molar-refractivity contribution is 7.98. The molecule has 2 aromatic heterocycles. The maximum absolute atomic E-state index is 5.67. The van der Waals surface area contributed by atoms with Crippen LogP contribution in [0.25, 0.3) is 11.1 Å². The first kappa shape index (κ1) is 10.2. The number of anilines is 1. The third kappa shape index (κ3) is 2.09. The molecule has 86 valence electrons. The SMILES string of the molecule is Nc1ccc2oc(CSc3ncn[nH]3)nc2c1. The Hall–Kier alpha value is -2.02. The Morgan fingerprint density at radius 3 is 3.18 bits per heavy atom. The van der Waals surface area contributed by atoms with E-state index in [-0.39, 0.29) is 0 Å². The van der Waals surface area contributed by atoms with Gasteiger partial charge in [-0.25, -0.2) is 9.97 Å². The minimum Gasteiger partial charge on any atom is -0.440 e. The average molecular weight is 247 g/mol. The van der Waals surface area contributed by atoms with Gasteiger partial charge >= 0.3 is 0 Å². The molecule has 0 aliphatic heterocycles. The molecule has 0 amide bonds. The lowest BCUT2D eigenvalue weighted by atomic mass is 10.3. The number of rotatable bonds is 3. The predicted octanol–water partition coefficient (Wildman–Crippen LogP) is 1.82. The van der Waals surface area contributed by atoms with E-state index in [1.165, 1.54) is 18.1 Å². The molecule has 6 nitrogen and oxygen atoms in total. The topological polar surface area (TPSA) is 93.6 Å². The summed E-state index contributed by atoms with van der Waals surface area (Å²) in [4.78, 5) is 8.35. The van der Waals surface area contributed by atoms with Crippen molar-refractivity contribution < 1.29 is 4.42 Å². The molecule has 2 heterocycles. The molecule has 0 fully saturated rings. The number of nitrogen functional groups attached to an aromatic ring is 1. The predicted molar refractivity (Wildman–Crippen MR) is 64.4 cm³/mol. The van der Waals surface area contributed by atoms with Gasteiger partial charge in [-0.2, -0.15) is 5.10 Å². The van der Waals surface area contributed by atoms with Crippen LogP contribution < -0.4 is 5.73 Å². The number of nitrogens with zero attached hydrogens (tertiary/aromatic N) is 3. The molecule has 17 heavy (non-hydrogen) atoms. The Morgan fingerprint density at radius 2 is 2.35 bits per heavy atom. The van der Waals surface area contributed by atoms with Gasteiger partial charge in [0, 0.05) is 5.69 Å². The number of aromatic amines is 1. The van der Waals surface area contributed by atoms with Gasteiger partial charge in [-0.1, -0.05) is 11.8 Å². The summed E-state index contributed by atoms with van der Waals surface area (Å²) in [5.41, 5.74) is 7.87. The molecule has 0 radical (unpaired) electrons. The van der Waals surface area contributed by atoms with E-state index in [2.05, 4.69) is 20.2 Å². The summed E-state index contributed by atoms with van der Waals surface area (Å²) in [7, 11) is 0. The summed E-state index contributed by atoms with van der Waals surface area (Å²) in [6, 6.07) is 5.41. The first-order chi connectivity index (χ1) is 8.31. The minimum atomic E-state index is 0.601. The second-order valence-corrected chi connectivity index (χ2v) is 4.38. The molecule has 1 aromatic carbocycles. The van der Waals surface area contributed by atoms with Gasteiger partial charge < -0.3 is 10.2 Å². The molecule has 0 saturated heterocycles. The summed E-state index contributed by atoms with van der Waals surface area (Å²) < 4.78 is 5.57. The fourth-order valence-corrected chi connectivity index (χ4v) is 2.07. The van der Waals surface area contributed by atoms with Crippen LogP contribution in [0, 0.1) is 0 Å². The van der Waals surface area contributed by atoms with Crippen LogP contribution in [0.5, 0.6) is 0 Å². The van der Waals surface area contributed by atoms with E-state index in [9.17, 15) is 0 Å². The van der Waals surface area contributed by atoms with Crippen LogP contribution in [-0.4, -0.2) is 20.2 Å². The lowest BCUT2D eigenvalue weighted by Gasteiger charge is -1.90. The molecular formula is C10H9N5OS. The second-order valence-electron chi connectivity index (χ2n) is 3.41. The number of thioether (sulfide) groups is 1. The van der Waals surface area contributed by atoms with Crippen LogP contribution in [0.15, 0.2) is 34.1 Å². The van der Waals surface area contributed by atoms with Crippen molar-refractivity contribution in [1.29, 1.82) is 0 Å². The van der Waals surface area contributed by atoms with Gasteiger partial charge in [0.2, 0.25) is 5.89 Å². The number of nitrogens with one attached hydrogen (secondary N) is 1. The van der Waals surface area contributed by atoms with Crippen LogP contribution >= 0.6 is 11.8 Å². The standard InChI is InChI=1S/C10H9N5OS/c11-6-1-2-8-7(3-6)14-9(16-8)4-17-10-12-5-13-15-10/h1-3,5H,4,11H2,(H,12,13,15). The van der Waals surface area contributed by atoms with Crippen molar-refractivity contribution in [3.63, 3.8) is 0 Å². The van der Waals surface area contributed by atoms with Gasteiger partial charge in [0.1, 0.15) is 11.8 Å². The molecule has 0 saturated carbocycles. The van der Waals surface area contributed by atoms with Gasteiger partial charge in [-0.3, -0.25) is 5.10 Å². The van der Waals surface area contributed by atoms with Crippen LogP contribution in [0.1, 0.15) is 5.89 Å². The molecule has 0 bridgehead atoms. The molecule has 3 aromatic rings. The van der Waals surface area contributed by atoms with Gasteiger partial charge in [0.15, 0.2) is 10.7 Å². The number of hydrogen-bond acceptors (Lipinski definition) is 6. The van der Waals surface area contributed by atoms with E-state index >= 15 is 0 Å². The lowest BCUT2D eigenvalue weighted by molar-refractivity contribution is 0.556. The number of aromatic nitrogens is 4. The normalized spacial score (nSPS) is 11.1. The molecule has 3 N–H and O–H groups in total. The maximum atomic E-state index is 5.67. The molecular weight excluding hydrogens is 238 g/mol. The third-order valence-corrected chi connectivity index (χ3v) is 3.04. The van der Waals surface area contributed by atoms with E-state index in [0.717, 1.165) is 16.3 Å². The number of hydrogen-bond donors (Lipinski definition) is 2. The van der Waals surface area contributed by atoms with Gasteiger partial charge in [-0.15, -0.1) is 0 Å². The highest BCUT2D eigenvalue weighted by Crippen LogP contribution is 2.23. The molecule has 0 aliphatic carbocycles. The van der Waals surface area contributed by atoms with Crippen molar-refractivity contribution in [2.24, 2.45) is 0 Å². The Morgan fingerprint density at radius 1 is 1.41 bits per heavy atom. The third-order valence-electron chi connectivity index (χ3n) is 2.18. The summed E-state index contributed by atoms with van der Waals surface area (Å²) >= 11 is 1.48. The fraction of sp³-hybridized carbons (Fsp3) is 0.100. The van der Waals surface area contributed by atoms with E-state index in [1.54, 1.807) is 12.1 Å². The Labute approximate surface area is 101 Å². The van der Waals surface area contributed by atoms with Gasteiger partial charge in [0.05, 0.1) is 5.75 Å². The summed E-state index contributed by atoms with van der Waals surface area (Å²) in [6.45, 7) is 0. The maximum Gasteiger partial charge on any atom is 0.205 e. The zero-order chi connectivity index (χ0) is 11.7. The van der Waals surface area contributed by atoms with Crippen LogP contribution in [-0.2, 0) is 5.75 Å². The van der Waals surface area contributed by atoms with Crippen LogP contribution in [0.3, 0.4) is 0 Å². The second kappa shape index (κ2) is 4.10. The highest BCUT2D eigenvalue weighted by Gasteiger charge is 2.07. The molecule has 0 aliphatic rings. The van der Waals surface area contributed by atoms with Crippen LogP contribution in [0.4, 0.5) is 5.69 Å². The van der Waals surface area contributed by atoms with Crippen molar-refractivity contribution in [3.05, 3.63) is 30.4 Å². The minimum absolute atomic E-state index is 0.601. The van der Waals surface area contributed by atoms with Crippen LogP contribution in [0.2, 0.25) is 0 Å². The molecule has 7 heteroatoms. The molecule has 3 rings (SSSR count). The van der Waals surface area contributed by atoms with Crippen molar-refractivity contribution in [3.8, 4) is 0 Å². The largest absolute Gasteiger partial charge is 0.440 e. The monoisotopic (exact) mass is 247 g/mol. The number of H-pyrrole nitrogens is 1. The summed E-state index contributed by atoms with van der Waals surface area (Å²) in [6.07, 6.45) is 1.47. The number of nitrogens with two attached hydrogens (primary N) is 1. The molecule has 0 spiro atoms. The Bertz CT molecular complexity index is 633. The Kier molecular flexibility index (Phi) is 2.45. The molecule has 0 atom stereocenters. The lowest BCUT2D eigenvalue weighted by Crippen LogP contribution is -1.83. The van der Waals surface area contributed by atoms with E-state index in [4.69, 9.17) is 10.2 Å². The van der Waals surface area contributed by atoms with Crippen molar-refractivity contribution in [2.45, 2.75) is 10.9 Å². The first-order valence-corrected chi connectivity index (χ1v) is 5.93. The molecule has 0 unspecified atom stereocenters. The van der Waals surface area contributed by atoms with Crippen molar-refractivity contribution >= 4 is 28.5 Å². The average Bonchev–Trinajstić information content (AvgIpc) is 2.94. The van der Waals surface area contributed by atoms with Gasteiger partial charge in [-0.05, 0) is 18.2 Å². The zero-order valence-electron chi connectivity index (χ0n) is 8.75. The first-order valence-electron chi connectivity index (χ1n) is 4.94. The Balaban J connectivity index is 1.81. The fourth-order valence-electron chi connectivity index (χ4n) is 1.45. The van der Waals surface area contributed by atoms with E-state index in [0.29, 0.717) is 17.3 Å². The smallest absolute Gasteiger partial charge is 0.205 e. The van der Waals surface area contributed by atoms with E-state index < -0.39 is 0 Å². The van der Waals surface area contributed by atoms with E-state index in [1.807, 2.05) is 6.07 Å². The quantitative estimate of drug-likeness (QED) is 0.541. The van der Waals surface area contributed by atoms with Crippen molar-refractivity contribution in [2.75, 3.05) is 5.73 Å². The number of oxazole rings is 1. The zero-order valence-corrected chi connectivity index (χ0v) is 9.57. The number of fused-ring (bicyclic) bond motifs is 1. The van der Waals surface area contributed by atoms with Crippen molar-refractivity contribution in [1.82, 2.24) is 20.2 Å². The summed E-state index contributed by atoms with van der Waals surface area (Å²) in [5.74, 6) is 1.25. The number of benzene rings is 1. The van der Waals surface area contributed by atoms with Gasteiger partial charge in [0.25, 0.3) is 0 Å². The summed E-state index contributed by atoms with van der Waals surface area (Å²) in [5, 5.41) is 7.27. The highest BCUT2D eigenvalue weighted by atomic mass is 32.2.